The second kappa shape index (κ2) is 7.24. The molecule has 3 atom stereocenters. The fourth-order valence-electron chi connectivity index (χ4n) is 4.64. The Balaban J connectivity index is 1.47. The molecule has 10 heteroatoms. The molecule has 3 aromatic rings. The van der Waals surface area contributed by atoms with Crippen LogP contribution in [0.25, 0.3) is 11.3 Å². The van der Waals surface area contributed by atoms with Crippen LogP contribution in [0.2, 0.25) is 5.28 Å². The minimum Gasteiger partial charge on any atom is -0.465 e. The summed E-state index contributed by atoms with van der Waals surface area (Å²) in [5.74, 6) is 0.123. The van der Waals surface area contributed by atoms with Crippen LogP contribution in [0.3, 0.4) is 0 Å². The van der Waals surface area contributed by atoms with Gasteiger partial charge in [-0.15, -0.1) is 0 Å². The van der Waals surface area contributed by atoms with Gasteiger partial charge in [-0.3, -0.25) is 4.79 Å². The van der Waals surface area contributed by atoms with Gasteiger partial charge >= 0.3 is 6.09 Å². The smallest absolute Gasteiger partial charge is 0.404 e. The van der Waals surface area contributed by atoms with Gasteiger partial charge in [0, 0.05) is 54.8 Å². The highest BCUT2D eigenvalue weighted by Gasteiger charge is 2.41. The number of nitrogens with one attached hydrogen (secondary N) is 2. The molecule has 30 heavy (non-hydrogen) atoms. The summed E-state index contributed by atoms with van der Waals surface area (Å²) in [5.41, 5.74) is 3.56. The first-order chi connectivity index (χ1) is 14.5. The molecule has 1 unspecified atom stereocenters. The summed E-state index contributed by atoms with van der Waals surface area (Å²) in [6.45, 7) is 0.599. The summed E-state index contributed by atoms with van der Waals surface area (Å²) in [6, 6.07) is 1.63. The zero-order valence-corrected chi connectivity index (χ0v) is 16.6. The Morgan fingerprint density at radius 3 is 2.83 bits per heavy atom. The molecule has 1 aliphatic heterocycles. The van der Waals surface area contributed by atoms with Crippen molar-refractivity contribution in [1.29, 1.82) is 0 Å². The monoisotopic (exact) mass is 426 g/mol. The lowest BCUT2D eigenvalue weighted by molar-refractivity contribution is -0.121. The third-order valence-electron chi connectivity index (χ3n) is 5.95. The highest BCUT2D eigenvalue weighted by molar-refractivity contribution is 6.28. The largest absolute Gasteiger partial charge is 0.465 e. The predicted molar refractivity (Wildman–Crippen MR) is 107 cm³/mol. The van der Waals surface area contributed by atoms with Gasteiger partial charge in [0.15, 0.2) is 0 Å². The van der Waals surface area contributed by atoms with Crippen LogP contribution in [0.1, 0.15) is 41.8 Å². The maximum Gasteiger partial charge on any atom is 0.404 e. The highest BCUT2D eigenvalue weighted by Crippen LogP contribution is 2.39. The number of Topliss-reactive ketones (excluding diaryl/α,β-unsaturated/α-hetero) is 1. The van der Waals surface area contributed by atoms with Crippen LogP contribution in [0.5, 0.6) is 0 Å². The number of halogens is 1. The van der Waals surface area contributed by atoms with Crippen molar-refractivity contribution >= 4 is 23.5 Å². The minimum absolute atomic E-state index is 0.0323. The van der Waals surface area contributed by atoms with E-state index in [0.717, 1.165) is 28.9 Å². The topological polar surface area (TPSA) is 126 Å². The molecule has 3 aromatic heterocycles. The third kappa shape index (κ3) is 3.24. The molecular formula is C20H19ClN6O3. The van der Waals surface area contributed by atoms with E-state index in [1.807, 2.05) is 12.3 Å². The normalized spacial score (nSPS) is 23.0. The van der Waals surface area contributed by atoms with E-state index in [1.165, 1.54) is 0 Å². The van der Waals surface area contributed by atoms with E-state index in [1.54, 1.807) is 18.6 Å². The van der Waals surface area contributed by atoms with Crippen LogP contribution in [0.4, 0.5) is 4.79 Å². The van der Waals surface area contributed by atoms with Crippen molar-refractivity contribution in [3.63, 3.8) is 0 Å². The van der Waals surface area contributed by atoms with Crippen LogP contribution < -0.4 is 5.32 Å². The average molecular weight is 427 g/mol. The summed E-state index contributed by atoms with van der Waals surface area (Å²) < 4.78 is 2.08. The summed E-state index contributed by atoms with van der Waals surface area (Å²) in [4.78, 5) is 40.3. The number of hydrogen-bond acceptors (Lipinski definition) is 5. The van der Waals surface area contributed by atoms with Crippen LogP contribution >= 0.6 is 11.6 Å². The van der Waals surface area contributed by atoms with Crippen molar-refractivity contribution in [3.8, 4) is 11.3 Å². The van der Waals surface area contributed by atoms with Crippen LogP contribution in [0, 0.1) is 0 Å². The van der Waals surface area contributed by atoms with Gasteiger partial charge in [0.05, 0.1) is 17.8 Å². The Bertz CT molecular complexity index is 1120. The lowest BCUT2D eigenvalue weighted by atomic mass is 9.79. The molecule has 0 spiro atoms. The SMILES string of the molecule is O=C(O)N[C@H]1CCc2ccn3c2C1C(=O)C[C@H](c1ncc(-c2cnc(Cl)nc2)[nH]1)C3. The van der Waals surface area contributed by atoms with Crippen molar-refractivity contribution in [2.75, 3.05) is 0 Å². The maximum absolute atomic E-state index is 13.3. The second-order valence-electron chi connectivity index (χ2n) is 7.74. The van der Waals surface area contributed by atoms with E-state index < -0.39 is 18.1 Å². The summed E-state index contributed by atoms with van der Waals surface area (Å²) >= 11 is 5.76. The number of aromatic nitrogens is 5. The molecule has 5 rings (SSSR count). The number of aromatic amines is 1. The van der Waals surface area contributed by atoms with E-state index in [0.29, 0.717) is 18.8 Å². The number of carbonyl (C=O) groups is 2. The molecule has 9 nitrogen and oxygen atoms in total. The third-order valence-corrected chi connectivity index (χ3v) is 6.14. The van der Waals surface area contributed by atoms with E-state index in [9.17, 15) is 14.7 Å². The Morgan fingerprint density at radius 2 is 2.07 bits per heavy atom. The number of rotatable bonds is 3. The number of H-pyrrole nitrogens is 1. The molecular weight excluding hydrogens is 408 g/mol. The molecule has 0 saturated heterocycles. The van der Waals surface area contributed by atoms with E-state index in [2.05, 4.69) is 29.8 Å². The van der Waals surface area contributed by atoms with Crippen LogP contribution in [0.15, 0.2) is 30.9 Å². The molecule has 4 heterocycles. The number of imidazole rings is 1. The molecule has 2 aliphatic rings. The number of carboxylic acid groups (broad SMARTS) is 1. The standard InChI is InChI=1S/C20H19ClN6O3/c21-19-23-6-12(7-24-19)14-8-22-18(25-14)11-5-15(28)16-13(26-20(29)30)2-1-10-3-4-27(9-11)17(10)16/h3-4,6-8,11,13,16,26H,1-2,5,9H2,(H,22,25)(H,29,30)/t11-,13-,16?/m0/s1. The molecule has 0 fully saturated rings. The number of hydrogen-bond donors (Lipinski definition) is 3. The highest BCUT2D eigenvalue weighted by atomic mass is 35.5. The van der Waals surface area contributed by atoms with Gasteiger partial charge in [0.1, 0.15) is 11.6 Å². The van der Waals surface area contributed by atoms with Gasteiger partial charge in [0.2, 0.25) is 5.28 Å². The first-order valence-electron chi connectivity index (χ1n) is 9.72. The number of amides is 1. The van der Waals surface area contributed by atoms with Gasteiger partial charge in [0.25, 0.3) is 0 Å². The lowest BCUT2D eigenvalue weighted by Crippen LogP contribution is -2.44. The molecule has 0 aromatic carbocycles. The number of aryl methyl sites for hydroxylation is 1. The molecule has 0 radical (unpaired) electrons. The minimum atomic E-state index is -1.10. The Hall–Kier alpha value is -3.20. The Kier molecular flexibility index (Phi) is 4.54. The maximum atomic E-state index is 13.3. The van der Waals surface area contributed by atoms with Crippen molar-refractivity contribution in [2.45, 2.75) is 43.7 Å². The first-order valence-corrected chi connectivity index (χ1v) is 10.1. The van der Waals surface area contributed by atoms with E-state index in [-0.39, 0.29) is 23.4 Å². The Labute approximate surface area is 176 Å². The fourth-order valence-corrected chi connectivity index (χ4v) is 4.73. The van der Waals surface area contributed by atoms with Crippen LogP contribution in [-0.2, 0) is 17.8 Å². The van der Waals surface area contributed by atoms with Crippen molar-refractivity contribution in [2.24, 2.45) is 0 Å². The average Bonchev–Trinajstić information content (AvgIpc) is 3.32. The zero-order chi connectivity index (χ0) is 20.8. The summed E-state index contributed by atoms with van der Waals surface area (Å²) in [6.07, 6.45) is 7.47. The zero-order valence-electron chi connectivity index (χ0n) is 15.9. The van der Waals surface area contributed by atoms with Gasteiger partial charge in [-0.05, 0) is 36.1 Å². The van der Waals surface area contributed by atoms with Crippen LogP contribution in [-0.4, -0.2) is 47.5 Å². The van der Waals surface area contributed by atoms with E-state index >= 15 is 0 Å². The van der Waals surface area contributed by atoms with E-state index in [4.69, 9.17) is 11.6 Å². The lowest BCUT2D eigenvalue weighted by Gasteiger charge is -2.31. The fraction of sp³-hybridized carbons (Fsp3) is 0.350. The number of nitrogens with zero attached hydrogens (tertiary/aromatic N) is 4. The molecule has 1 amide bonds. The Morgan fingerprint density at radius 1 is 1.27 bits per heavy atom. The summed E-state index contributed by atoms with van der Waals surface area (Å²) in [5, 5.41) is 11.9. The molecule has 0 bridgehead atoms. The molecule has 0 saturated carbocycles. The predicted octanol–water partition coefficient (Wildman–Crippen LogP) is 2.74. The van der Waals surface area contributed by atoms with Gasteiger partial charge in [-0.1, -0.05) is 0 Å². The summed E-state index contributed by atoms with van der Waals surface area (Å²) in [7, 11) is 0. The second-order valence-corrected chi connectivity index (χ2v) is 8.08. The number of carbonyl (C=O) groups excluding carboxylic acids is 1. The molecule has 3 N–H and O–H groups in total. The van der Waals surface area contributed by atoms with Crippen molar-refractivity contribution < 1.29 is 14.7 Å². The quantitative estimate of drug-likeness (QED) is 0.553. The first kappa shape index (κ1) is 18.8. The van der Waals surface area contributed by atoms with Gasteiger partial charge in [-0.25, -0.2) is 19.7 Å². The van der Waals surface area contributed by atoms with Crippen molar-refractivity contribution in [1.82, 2.24) is 29.8 Å². The van der Waals surface area contributed by atoms with Gasteiger partial charge < -0.3 is 20.0 Å². The van der Waals surface area contributed by atoms with Gasteiger partial charge in [-0.2, -0.15) is 0 Å². The molecule has 154 valence electrons. The van der Waals surface area contributed by atoms with Crippen molar-refractivity contribution in [3.05, 3.63) is 53.2 Å². The number of ketones is 1. The molecule has 1 aliphatic carbocycles.